The van der Waals surface area contributed by atoms with Crippen molar-refractivity contribution in [3.63, 3.8) is 0 Å². The molecule has 3 aromatic carbocycles. The number of rotatable bonds is 7. The van der Waals surface area contributed by atoms with Crippen molar-refractivity contribution in [1.29, 1.82) is 0 Å². The van der Waals surface area contributed by atoms with Gasteiger partial charge in [0.2, 0.25) is 0 Å². The zero-order chi connectivity index (χ0) is 23.4. The lowest BCUT2D eigenvalue weighted by Crippen LogP contribution is -2.48. The van der Waals surface area contributed by atoms with E-state index in [0.717, 1.165) is 0 Å². The maximum absolute atomic E-state index is 13.5. The van der Waals surface area contributed by atoms with Gasteiger partial charge in [-0.1, -0.05) is 12.1 Å². The number of benzene rings is 3. The Morgan fingerprint density at radius 2 is 1.70 bits per heavy atom. The molecular formula is C24H24N2O6S. The summed E-state index contributed by atoms with van der Waals surface area (Å²) in [6.45, 7) is 2.26. The molecule has 0 unspecified atom stereocenters. The van der Waals surface area contributed by atoms with Crippen molar-refractivity contribution < 1.29 is 27.4 Å². The molecule has 0 spiro atoms. The number of fused-ring (bicyclic) bond motifs is 1. The number of para-hydroxylation sites is 2. The summed E-state index contributed by atoms with van der Waals surface area (Å²) >= 11 is 0. The van der Waals surface area contributed by atoms with E-state index in [1.165, 1.54) is 23.5 Å². The highest BCUT2D eigenvalue weighted by atomic mass is 32.2. The maximum atomic E-state index is 13.5. The van der Waals surface area contributed by atoms with Crippen molar-refractivity contribution in [2.75, 3.05) is 29.9 Å². The van der Waals surface area contributed by atoms with Crippen LogP contribution in [0.4, 0.5) is 11.4 Å². The molecule has 1 aliphatic heterocycles. The summed E-state index contributed by atoms with van der Waals surface area (Å²) in [5.41, 5.74) is 0.925. The first-order chi connectivity index (χ1) is 15.9. The molecule has 3 aromatic rings. The molecule has 4 rings (SSSR count). The van der Waals surface area contributed by atoms with Gasteiger partial charge in [-0.3, -0.25) is 9.10 Å². The van der Waals surface area contributed by atoms with E-state index in [9.17, 15) is 13.2 Å². The first kappa shape index (κ1) is 22.5. The van der Waals surface area contributed by atoms with Crippen molar-refractivity contribution in [3.05, 3.63) is 72.8 Å². The van der Waals surface area contributed by atoms with E-state index < -0.39 is 22.0 Å². The number of hydrogen-bond donors (Lipinski definition) is 1. The SMILES string of the molecule is CCOc1ccc(NC(=O)[C@H]2CN(S(=O)(=O)c3ccc(OC)cc3)c3ccccc3O2)cc1. The Bertz CT molecular complexity index is 1230. The number of ether oxygens (including phenoxy) is 3. The Kier molecular flexibility index (Phi) is 6.41. The molecule has 1 atom stereocenters. The Labute approximate surface area is 192 Å². The third-order valence-electron chi connectivity index (χ3n) is 5.11. The largest absolute Gasteiger partial charge is 0.497 e. The fourth-order valence-electron chi connectivity index (χ4n) is 3.47. The predicted molar refractivity (Wildman–Crippen MR) is 125 cm³/mol. The quantitative estimate of drug-likeness (QED) is 0.568. The first-order valence-electron chi connectivity index (χ1n) is 10.4. The molecule has 0 saturated heterocycles. The van der Waals surface area contributed by atoms with Crippen LogP contribution in [0, 0.1) is 0 Å². The molecule has 1 N–H and O–H groups in total. The van der Waals surface area contributed by atoms with Gasteiger partial charge in [-0.05, 0) is 67.6 Å². The van der Waals surface area contributed by atoms with Crippen LogP contribution in [0.2, 0.25) is 0 Å². The summed E-state index contributed by atoms with van der Waals surface area (Å²) in [5, 5.41) is 2.78. The molecule has 33 heavy (non-hydrogen) atoms. The summed E-state index contributed by atoms with van der Waals surface area (Å²) in [5.74, 6) is 1.09. The van der Waals surface area contributed by atoms with Gasteiger partial charge in [0.05, 0.1) is 30.8 Å². The highest BCUT2D eigenvalue weighted by Crippen LogP contribution is 2.37. The fourth-order valence-corrected chi connectivity index (χ4v) is 4.94. The number of nitrogens with one attached hydrogen (secondary N) is 1. The predicted octanol–water partition coefficient (Wildman–Crippen LogP) is 3.69. The molecule has 0 aliphatic carbocycles. The summed E-state index contributed by atoms with van der Waals surface area (Å²) in [6, 6.07) is 19.8. The normalized spacial score (nSPS) is 15.2. The molecule has 8 nitrogen and oxygen atoms in total. The summed E-state index contributed by atoms with van der Waals surface area (Å²) < 4.78 is 44.5. The Morgan fingerprint density at radius 1 is 1.03 bits per heavy atom. The van der Waals surface area contributed by atoms with Gasteiger partial charge in [-0.25, -0.2) is 8.42 Å². The van der Waals surface area contributed by atoms with Gasteiger partial charge in [-0.2, -0.15) is 0 Å². The van der Waals surface area contributed by atoms with Crippen LogP contribution in [-0.4, -0.2) is 40.7 Å². The number of sulfonamides is 1. The van der Waals surface area contributed by atoms with E-state index in [2.05, 4.69) is 5.32 Å². The van der Waals surface area contributed by atoms with E-state index in [1.54, 1.807) is 60.7 Å². The number of nitrogens with zero attached hydrogens (tertiary/aromatic N) is 1. The van der Waals surface area contributed by atoms with Gasteiger partial charge in [0.1, 0.15) is 17.2 Å². The van der Waals surface area contributed by atoms with Gasteiger partial charge in [0, 0.05) is 5.69 Å². The van der Waals surface area contributed by atoms with Crippen LogP contribution in [0.15, 0.2) is 77.7 Å². The number of amides is 1. The van der Waals surface area contributed by atoms with E-state index in [-0.39, 0.29) is 11.4 Å². The minimum Gasteiger partial charge on any atom is -0.497 e. The Hall–Kier alpha value is -3.72. The van der Waals surface area contributed by atoms with Gasteiger partial charge < -0.3 is 19.5 Å². The number of anilines is 2. The van der Waals surface area contributed by atoms with Crippen LogP contribution < -0.4 is 23.8 Å². The summed E-state index contributed by atoms with van der Waals surface area (Å²) in [6.07, 6.45) is -1.04. The number of carbonyl (C=O) groups is 1. The highest BCUT2D eigenvalue weighted by molar-refractivity contribution is 7.92. The van der Waals surface area contributed by atoms with Crippen molar-refractivity contribution >= 4 is 27.3 Å². The minimum atomic E-state index is -3.95. The Morgan fingerprint density at radius 3 is 2.36 bits per heavy atom. The van der Waals surface area contributed by atoms with Gasteiger partial charge in [0.15, 0.2) is 6.10 Å². The minimum absolute atomic E-state index is 0.0886. The molecule has 9 heteroatoms. The lowest BCUT2D eigenvalue weighted by molar-refractivity contribution is -0.122. The average Bonchev–Trinajstić information content (AvgIpc) is 2.84. The van der Waals surface area contributed by atoms with Crippen molar-refractivity contribution in [2.45, 2.75) is 17.9 Å². The second-order valence-corrected chi connectivity index (χ2v) is 9.09. The number of carbonyl (C=O) groups excluding carboxylic acids is 1. The zero-order valence-electron chi connectivity index (χ0n) is 18.2. The van der Waals surface area contributed by atoms with Crippen LogP contribution in [-0.2, 0) is 14.8 Å². The smallest absolute Gasteiger partial charge is 0.267 e. The number of methoxy groups -OCH3 is 1. The molecule has 1 aliphatic rings. The third kappa shape index (κ3) is 4.73. The van der Waals surface area contributed by atoms with Crippen LogP contribution in [0.5, 0.6) is 17.2 Å². The molecule has 1 amide bonds. The van der Waals surface area contributed by atoms with Crippen molar-refractivity contribution in [3.8, 4) is 17.2 Å². The summed E-state index contributed by atoms with van der Waals surface area (Å²) in [4.78, 5) is 13.1. The van der Waals surface area contributed by atoms with Crippen LogP contribution >= 0.6 is 0 Å². The van der Waals surface area contributed by atoms with Crippen LogP contribution in [0.25, 0.3) is 0 Å². The van der Waals surface area contributed by atoms with Crippen molar-refractivity contribution in [2.24, 2.45) is 0 Å². The van der Waals surface area contributed by atoms with E-state index >= 15 is 0 Å². The zero-order valence-corrected chi connectivity index (χ0v) is 19.0. The molecule has 0 aromatic heterocycles. The highest BCUT2D eigenvalue weighted by Gasteiger charge is 2.37. The monoisotopic (exact) mass is 468 g/mol. The van der Waals surface area contributed by atoms with E-state index in [4.69, 9.17) is 14.2 Å². The molecule has 0 fully saturated rings. The van der Waals surface area contributed by atoms with Gasteiger partial charge in [-0.15, -0.1) is 0 Å². The molecule has 0 bridgehead atoms. The van der Waals surface area contributed by atoms with Crippen LogP contribution in [0.1, 0.15) is 6.92 Å². The molecule has 0 radical (unpaired) electrons. The van der Waals surface area contributed by atoms with Crippen molar-refractivity contribution in [1.82, 2.24) is 0 Å². The average molecular weight is 469 g/mol. The summed E-state index contributed by atoms with van der Waals surface area (Å²) in [7, 11) is -2.44. The Balaban J connectivity index is 1.60. The van der Waals surface area contributed by atoms with E-state index in [1.807, 2.05) is 6.92 Å². The second-order valence-electron chi connectivity index (χ2n) is 7.23. The molecular weight excluding hydrogens is 444 g/mol. The van der Waals surface area contributed by atoms with E-state index in [0.29, 0.717) is 35.2 Å². The molecule has 0 saturated carbocycles. The second kappa shape index (κ2) is 9.41. The third-order valence-corrected chi connectivity index (χ3v) is 6.90. The number of hydrogen-bond acceptors (Lipinski definition) is 6. The molecule has 1 heterocycles. The standard InChI is InChI=1S/C24H24N2O6S/c1-3-31-19-10-8-17(9-11-19)25-24(27)23-16-26(21-6-4-5-7-22(21)32-23)33(28,29)20-14-12-18(30-2)13-15-20/h4-15,23H,3,16H2,1-2H3,(H,25,27)/t23-/m1/s1. The topological polar surface area (TPSA) is 94.2 Å². The lowest BCUT2D eigenvalue weighted by Gasteiger charge is -2.34. The fraction of sp³-hybridized carbons (Fsp3) is 0.208. The van der Waals surface area contributed by atoms with Gasteiger partial charge >= 0.3 is 0 Å². The lowest BCUT2D eigenvalue weighted by atomic mass is 10.2. The van der Waals surface area contributed by atoms with Crippen LogP contribution in [0.3, 0.4) is 0 Å². The first-order valence-corrected chi connectivity index (χ1v) is 11.8. The molecule has 172 valence electrons. The maximum Gasteiger partial charge on any atom is 0.267 e. The van der Waals surface area contributed by atoms with Gasteiger partial charge in [0.25, 0.3) is 15.9 Å².